The van der Waals surface area contributed by atoms with Crippen LogP contribution in [0.3, 0.4) is 0 Å². The Kier molecular flexibility index (Phi) is 10.7. The Balaban J connectivity index is 1.25. The van der Waals surface area contributed by atoms with E-state index in [0.29, 0.717) is 35.2 Å². The van der Waals surface area contributed by atoms with Crippen LogP contribution in [0.1, 0.15) is 36.0 Å². The van der Waals surface area contributed by atoms with Gasteiger partial charge >= 0.3 is 6.09 Å². The van der Waals surface area contributed by atoms with Gasteiger partial charge in [-0.05, 0) is 78.8 Å². The van der Waals surface area contributed by atoms with Gasteiger partial charge in [0.1, 0.15) is 12.6 Å². The Bertz CT molecular complexity index is 1590. The molecule has 0 spiro atoms. The molecular formula is C33H34ClF3N4O5. The lowest BCUT2D eigenvalue weighted by Gasteiger charge is -2.38. The third-order valence-electron chi connectivity index (χ3n) is 7.85. The van der Waals surface area contributed by atoms with Gasteiger partial charge in [-0.25, -0.2) is 13.6 Å². The Hall–Kier alpha value is -4.29. The van der Waals surface area contributed by atoms with E-state index < -0.39 is 35.3 Å². The highest BCUT2D eigenvalue weighted by Gasteiger charge is 2.41. The molecule has 5 rings (SSSR count). The van der Waals surface area contributed by atoms with Gasteiger partial charge in [0.2, 0.25) is 17.6 Å². The number of nitrogens with one attached hydrogen (secondary N) is 2. The highest BCUT2D eigenvalue weighted by atomic mass is 35.5. The van der Waals surface area contributed by atoms with Crippen LogP contribution in [-0.4, -0.2) is 61.6 Å². The molecule has 3 amide bonds. The van der Waals surface area contributed by atoms with E-state index in [1.807, 2.05) is 18.2 Å². The lowest BCUT2D eigenvalue weighted by atomic mass is 10.1. The highest BCUT2D eigenvalue weighted by molar-refractivity contribution is 6.31. The van der Waals surface area contributed by atoms with Crippen LogP contribution < -0.4 is 20.3 Å². The van der Waals surface area contributed by atoms with E-state index in [0.717, 1.165) is 30.0 Å². The molecule has 0 bridgehead atoms. The summed E-state index contributed by atoms with van der Waals surface area (Å²) in [7, 11) is 1.47. The average Bonchev–Trinajstić information content (AvgIpc) is 3.90. The Labute approximate surface area is 269 Å². The standard InChI is InChI=1S/C33H34ClF3N4O5/c1-38-33(44)46-19-21-6-11-25(34)22(15-21)18-40(23-9-10-23)32(43)28-16-39-17-29(42)41(28)24-7-4-20(5-8-24)3-2-14-45-31-27(36)13-12-26(35)30(31)37/h4-8,11-13,15,23,28,39H,2-3,9-10,14,16-19H2,1H3,(H,38,44)/t28-/m1/s1. The van der Waals surface area contributed by atoms with E-state index in [-0.39, 0.29) is 50.7 Å². The quantitative estimate of drug-likeness (QED) is 0.207. The normalized spacial score (nSPS) is 16.2. The molecule has 3 aromatic rings. The summed E-state index contributed by atoms with van der Waals surface area (Å²) in [5, 5.41) is 5.93. The third-order valence-corrected chi connectivity index (χ3v) is 8.22. The molecule has 2 aliphatic rings. The van der Waals surface area contributed by atoms with Crippen LogP contribution in [0.15, 0.2) is 54.6 Å². The van der Waals surface area contributed by atoms with Crippen molar-refractivity contribution in [3.63, 3.8) is 0 Å². The molecular weight excluding hydrogens is 625 g/mol. The number of halogens is 4. The molecule has 0 radical (unpaired) electrons. The van der Waals surface area contributed by atoms with E-state index in [1.165, 1.54) is 11.9 Å². The number of hydrogen-bond donors (Lipinski definition) is 2. The fourth-order valence-corrected chi connectivity index (χ4v) is 5.49. The number of benzene rings is 3. The van der Waals surface area contributed by atoms with Crippen molar-refractivity contribution in [2.24, 2.45) is 0 Å². The molecule has 1 saturated carbocycles. The molecule has 13 heteroatoms. The van der Waals surface area contributed by atoms with Crippen molar-refractivity contribution in [1.29, 1.82) is 0 Å². The molecule has 3 aromatic carbocycles. The summed E-state index contributed by atoms with van der Waals surface area (Å²) in [5.41, 5.74) is 2.88. The zero-order chi connectivity index (χ0) is 32.8. The van der Waals surface area contributed by atoms with Gasteiger partial charge in [0.15, 0.2) is 17.4 Å². The van der Waals surface area contributed by atoms with Crippen molar-refractivity contribution in [3.05, 3.63) is 93.8 Å². The smallest absolute Gasteiger partial charge is 0.407 e. The fourth-order valence-electron chi connectivity index (χ4n) is 5.31. The monoisotopic (exact) mass is 658 g/mol. The minimum atomic E-state index is -1.36. The first-order valence-corrected chi connectivity index (χ1v) is 15.3. The van der Waals surface area contributed by atoms with E-state index in [1.54, 1.807) is 29.2 Å². The summed E-state index contributed by atoms with van der Waals surface area (Å²) in [4.78, 5) is 42.0. The molecule has 2 N–H and O–H groups in total. The highest BCUT2D eigenvalue weighted by Crippen LogP contribution is 2.33. The summed E-state index contributed by atoms with van der Waals surface area (Å²) in [5.74, 6) is -4.71. The van der Waals surface area contributed by atoms with Gasteiger partial charge in [-0.15, -0.1) is 0 Å². The van der Waals surface area contributed by atoms with Gasteiger partial charge in [-0.1, -0.05) is 29.8 Å². The first-order valence-electron chi connectivity index (χ1n) is 15.0. The van der Waals surface area contributed by atoms with Crippen molar-refractivity contribution < 1.29 is 37.0 Å². The van der Waals surface area contributed by atoms with E-state index >= 15 is 0 Å². The topological polar surface area (TPSA) is 100 Å². The second-order valence-electron chi connectivity index (χ2n) is 11.2. The lowest BCUT2D eigenvalue weighted by molar-refractivity contribution is -0.136. The van der Waals surface area contributed by atoms with Gasteiger partial charge < -0.3 is 25.0 Å². The van der Waals surface area contributed by atoms with Crippen LogP contribution in [0.4, 0.5) is 23.7 Å². The predicted molar refractivity (Wildman–Crippen MR) is 165 cm³/mol. The number of alkyl carbamates (subject to hydrolysis) is 1. The van der Waals surface area contributed by atoms with Crippen molar-refractivity contribution in [3.8, 4) is 5.75 Å². The lowest BCUT2D eigenvalue weighted by Crippen LogP contribution is -2.61. The average molecular weight is 659 g/mol. The molecule has 0 aromatic heterocycles. The van der Waals surface area contributed by atoms with Crippen LogP contribution in [0.2, 0.25) is 5.02 Å². The SMILES string of the molecule is CNC(=O)OCc1ccc(Cl)c(CN(C(=O)[C@H]2CNCC(=O)N2c2ccc(CCCOc3c(F)ccc(F)c3F)cc2)C2CC2)c1. The van der Waals surface area contributed by atoms with Gasteiger partial charge in [-0.2, -0.15) is 4.39 Å². The molecule has 1 saturated heterocycles. The second kappa shape index (κ2) is 14.9. The molecule has 1 aliphatic carbocycles. The number of ether oxygens (including phenoxy) is 2. The van der Waals surface area contributed by atoms with Gasteiger partial charge in [0, 0.05) is 36.9 Å². The Morgan fingerprint density at radius 2 is 1.76 bits per heavy atom. The van der Waals surface area contributed by atoms with Crippen molar-refractivity contribution >= 4 is 35.2 Å². The van der Waals surface area contributed by atoms with Crippen LogP contribution >= 0.6 is 11.6 Å². The number of carbonyl (C=O) groups excluding carboxylic acids is 3. The van der Waals surface area contributed by atoms with Crippen LogP contribution in [0, 0.1) is 17.5 Å². The maximum atomic E-state index is 14.1. The van der Waals surface area contributed by atoms with Crippen LogP contribution in [0.5, 0.6) is 5.75 Å². The summed E-state index contributed by atoms with van der Waals surface area (Å²) in [6.45, 7) is 0.603. The minimum absolute atomic E-state index is 0.0205. The number of aryl methyl sites for hydroxylation is 1. The van der Waals surface area contributed by atoms with E-state index in [4.69, 9.17) is 21.1 Å². The van der Waals surface area contributed by atoms with Gasteiger partial charge in [-0.3, -0.25) is 14.5 Å². The van der Waals surface area contributed by atoms with E-state index in [9.17, 15) is 27.6 Å². The number of anilines is 1. The maximum absolute atomic E-state index is 14.1. The third kappa shape index (κ3) is 7.91. The molecule has 2 fully saturated rings. The second-order valence-corrected chi connectivity index (χ2v) is 11.6. The summed E-state index contributed by atoms with van der Waals surface area (Å²) in [6.07, 6.45) is 2.03. The first kappa shape index (κ1) is 33.1. The molecule has 1 heterocycles. The van der Waals surface area contributed by atoms with Crippen LogP contribution in [-0.2, 0) is 33.9 Å². The number of hydrogen-bond acceptors (Lipinski definition) is 6. The molecule has 244 valence electrons. The zero-order valence-electron chi connectivity index (χ0n) is 25.2. The van der Waals surface area contributed by atoms with Gasteiger partial charge in [0.25, 0.3) is 0 Å². The minimum Gasteiger partial charge on any atom is -0.488 e. The number of piperazine rings is 1. The van der Waals surface area contributed by atoms with Crippen molar-refractivity contribution in [1.82, 2.24) is 15.5 Å². The van der Waals surface area contributed by atoms with E-state index in [2.05, 4.69) is 10.6 Å². The van der Waals surface area contributed by atoms with Gasteiger partial charge in [0.05, 0.1) is 13.2 Å². The summed E-state index contributed by atoms with van der Waals surface area (Å²) in [6, 6.07) is 13.2. The number of amides is 3. The largest absolute Gasteiger partial charge is 0.488 e. The number of carbonyl (C=O) groups is 3. The molecule has 0 unspecified atom stereocenters. The number of nitrogens with zero attached hydrogens (tertiary/aromatic N) is 2. The fraction of sp³-hybridized carbons (Fsp3) is 0.364. The maximum Gasteiger partial charge on any atom is 0.407 e. The summed E-state index contributed by atoms with van der Waals surface area (Å²) < 4.78 is 51.3. The van der Waals surface area contributed by atoms with Crippen molar-refractivity contribution in [2.45, 2.75) is 50.9 Å². The number of rotatable bonds is 12. The molecule has 46 heavy (non-hydrogen) atoms. The summed E-state index contributed by atoms with van der Waals surface area (Å²) >= 11 is 6.51. The van der Waals surface area contributed by atoms with Crippen LogP contribution in [0.25, 0.3) is 0 Å². The molecule has 9 nitrogen and oxygen atoms in total. The molecule has 1 atom stereocenters. The first-order chi connectivity index (χ1) is 22.2. The molecule has 1 aliphatic heterocycles. The van der Waals surface area contributed by atoms with Crippen molar-refractivity contribution in [2.75, 3.05) is 31.6 Å². The predicted octanol–water partition coefficient (Wildman–Crippen LogP) is 5.12. The Morgan fingerprint density at radius 1 is 1.04 bits per heavy atom. The Morgan fingerprint density at radius 3 is 2.48 bits per heavy atom. The zero-order valence-corrected chi connectivity index (χ0v) is 25.9.